The van der Waals surface area contributed by atoms with Crippen molar-refractivity contribution in [3.8, 4) is 0 Å². The number of anilines is 1. The second-order valence-electron chi connectivity index (χ2n) is 5.77. The molecule has 1 heterocycles. The van der Waals surface area contributed by atoms with E-state index in [0.29, 0.717) is 18.5 Å². The highest BCUT2D eigenvalue weighted by Crippen LogP contribution is 2.32. The van der Waals surface area contributed by atoms with Gasteiger partial charge in [0.15, 0.2) is 0 Å². The molecule has 0 fully saturated rings. The van der Waals surface area contributed by atoms with Crippen LogP contribution in [0.15, 0.2) is 18.2 Å². The predicted octanol–water partition coefficient (Wildman–Crippen LogP) is 3.20. The Bertz CT molecular complexity index is 543. The molecule has 0 saturated carbocycles. The lowest BCUT2D eigenvalue weighted by molar-refractivity contribution is -0.170. The third-order valence-corrected chi connectivity index (χ3v) is 3.95. The molecule has 1 aliphatic heterocycles. The SMILES string of the molecule is CCCCC(N)Cc1ccc2c(c1)CCN2C(=O)C(F)(F)F. The van der Waals surface area contributed by atoms with E-state index in [1.807, 2.05) is 6.07 Å². The molecule has 1 unspecified atom stereocenters. The van der Waals surface area contributed by atoms with Crippen molar-refractivity contribution in [2.45, 2.75) is 51.2 Å². The number of amides is 1. The molecule has 1 atom stereocenters. The molecular weight excluding hydrogens is 293 g/mol. The summed E-state index contributed by atoms with van der Waals surface area (Å²) in [6, 6.07) is 5.32. The largest absolute Gasteiger partial charge is 0.471 e. The summed E-state index contributed by atoms with van der Waals surface area (Å²) in [5.74, 6) is -1.79. The first-order valence-electron chi connectivity index (χ1n) is 7.59. The molecule has 3 nitrogen and oxygen atoms in total. The first kappa shape index (κ1) is 16.8. The van der Waals surface area contributed by atoms with Gasteiger partial charge < -0.3 is 10.6 Å². The summed E-state index contributed by atoms with van der Waals surface area (Å²) in [4.78, 5) is 12.2. The molecule has 2 rings (SSSR count). The molecular formula is C16H21F3N2O. The van der Waals surface area contributed by atoms with E-state index < -0.39 is 12.1 Å². The Hall–Kier alpha value is -1.56. The number of carbonyl (C=O) groups excluding carboxylic acids is 1. The third-order valence-electron chi connectivity index (χ3n) is 3.95. The number of halogens is 3. The van der Waals surface area contributed by atoms with E-state index in [1.54, 1.807) is 12.1 Å². The van der Waals surface area contributed by atoms with Gasteiger partial charge in [-0.1, -0.05) is 31.9 Å². The van der Waals surface area contributed by atoms with Gasteiger partial charge in [-0.05, 0) is 36.5 Å². The minimum atomic E-state index is -4.83. The van der Waals surface area contributed by atoms with E-state index in [9.17, 15) is 18.0 Å². The average Bonchev–Trinajstić information content (AvgIpc) is 2.86. The Kier molecular flexibility index (Phi) is 5.11. The fourth-order valence-corrected chi connectivity index (χ4v) is 2.82. The number of unbranched alkanes of at least 4 members (excludes halogenated alkanes) is 1. The highest BCUT2D eigenvalue weighted by Gasteiger charge is 2.44. The zero-order valence-electron chi connectivity index (χ0n) is 12.6. The smallest absolute Gasteiger partial charge is 0.327 e. The number of alkyl halides is 3. The van der Waals surface area contributed by atoms with E-state index in [1.165, 1.54) is 0 Å². The van der Waals surface area contributed by atoms with Gasteiger partial charge in [0.1, 0.15) is 0 Å². The van der Waals surface area contributed by atoms with E-state index in [2.05, 4.69) is 6.92 Å². The van der Waals surface area contributed by atoms with Crippen molar-refractivity contribution in [2.24, 2.45) is 5.73 Å². The van der Waals surface area contributed by atoms with Crippen molar-refractivity contribution in [1.82, 2.24) is 0 Å². The molecule has 0 radical (unpaired) electrons. The molecule has 122 valence electrons. The summed E-state index contributed by atoms with van der Waals surface area (Å²) >= 11 is 0. The topological polar surface area (TPSA) is 46.3 Å². The normalized spacial score (nSPS) is 15.8. The van der Waals surface area contributed by atoms with Gasteiger partial charge in [0.25, 0.3) is 0 Å². The molecule has 0 saturated heterocycles. The summed E-state index contributed by atoms with van der Waals surface area (Å²) in [5.41, 5.74) is 8.23. The van der Waals surface area contributed by atoms with Crippen LogP contribution in [0.1, 0.15) is 37.3 Å². The highest BCUT2D eigenvalue weighted by molar-refractivity contribution is 5.99. The summed E-state index contributed by atoms with van der Waals surface area (Å²) in [7, 11) is 0. The maximum Gasteiger partial charge on any atom is 0.471 e. The number of hydrogen-bond acceptors (Lipinski definition) is 2. The zero-order chi connectivity index (χ0) is 16.3. The molecule has 0 aromatic heterocycles. The van der Waals surface area contributed by atoms with Crippen LogP contribution in [0.4, 0.5) is 18.9 Å². The first-order chi connectivity index (χ1) is 10.3. The maximum atomic E-state index is 12.6. The summed E-state index contributed by atoms with van der Waals surface area (Å²) in [6.07, 6.45) is -0.572. The van der Waals surface area contributed by atoms with Crippen molar-refractivity contribution in [3.63, 3.8) is 0 Å². The Morgan fingerprint density at radius 1 is 1.41 bits per heavy atom. The van der Waals surface area contributed by atoms with Gasteiger partial charge in [-0.3, -0.25) is 4.79 Å². The summed E-state index contributed by atoms with van der Waals surface area (Å²) < 4.78 is 37.7. The Morgan fingerprint density at radius 3 is 2.77 bits per heavy atom. The second kappa shape index (κ2) is 6.69. The maximum absolute atomic E-state index is 12.6. The van der Waals surface area contributed by atoms with E-state index in [0.717, 1.165) is 35.3 Å². The number of benzene rings is 1. The van der Waals surface area contributed by atoms with Gasteiger partial charge in [0.2, 0.25) is 0 Å². The van der Waals surface area contributed by atoms with Crippen LogP contribution in [0, 0.1) is 0 Å². The lowest BCUT2D eigenvalue weighted by Gasteiger charge is -2.19. The molecule has 2 N–H and O–H groups in total. The average molecular weight is 314 g/mol. The highest BCUT2D eigenvalue weighted by atomic mass is 19.4. The van der Waals surface area contributed by atoms with Gasteiger partial charge in [-0.15, -0.1) is 0 Å². The van der Waals surface area contributed by atoms with Gasteiger partial charge >= 0.3 is 12.1 Å². The summed E-state index contributed by atoms with van der Waals surface area (Å²) in [5, 5.41) is 0. The Morgan fingerprint density at radius 2 is 2.14 bits per heavy atom. The zero-order valence-corrected chi connectivity index (χ0v) is 12.6. The van der Waals surface area contributed by atoms with Crippen LogP contribution in [0.2, 0.25) is 0 Å². The van der Waals surface area contributed by atoms with Gasteiger partial charge in [-0.2, -0.15) is 13.2 Å². The molecule has 6 heteroatoms. The predicted molar refractivity (Wildman–Crippen MR) is 79.8 cm³/mol. The fraction of sp³-hybridized carbons (Fsp3) is 0.562. The standard InChI is InChI=1S/C16H21F3N2O/c1-2-3-4-13(20)10-11-5-6-14-12(9-11)7-8-21(14)15(22)16(17,18)19/h5-6,9,13H,2-4,7-8,10,20H2,1H3. The van der Waals surface area contributed by atoms with Gasteiger partial charge in [0.05, 0.1) is 0 Å². The lowest BCUT2D eigenvalue weighted by atomic mass is 9.99. The van der Waals surface area contributed by atoms with E-state index in [-0.39, 0.29) is 12.6 Å². The van der Waals surface area contributed by atoms with E-state index in [4.69, 9.17) is 5.73 Å². The number of nitrogens with two attached hydrogens (primary N) is 1. The van der Waals surface area contributed by atoms with Crippen LogP contribution in [0.3, 0.4) is 0 Å². The van der Waals surface area contributed by atoms with Crippen LogP contribution in [-0.4, -0.2) is 24.7 Å². The van der Waals surface area contributed by atoms with Crippen LogP contribution in [0.25, 0.3) is 0 Å². The van der Waals surface area contributed by atoms with Crippen LogP contribution >= 0.6 is 0 Å². The lowest BCUT2D eigenvalue weighted by Crippen LogP contribution is -2.40. The van der Waals surface area contributed by atoms with Gasteiger partial charge in [0, 0.05) is 18.3 Å². The molecule has 1 aliphatic rings. The minimum absolute atomic E-state index is 0.0623. The number of carbonyl (C=O) groups is 1. The van der Waals surface area contributed by atoms with Crippen molar-refractivity contribution in [2.75, 3.05) is 11.4 Å². The third kappa shape index (κ3) is 3.80. The van der Waals surface area contributed by atoms with Crippen LogP contribution in [0.5, 0.6) is 0 Å². The van der Waals surface area contributed by atoms with Crippen molar-refractivity contribution < 1.29 is 18.0 Å². The van der Waals surface area contributed by atoms with Crippen LogP contribution in [-0.2, 0) is 17.6 Å². The molecule has 22 heavy (non-hydrogen) atoms. The van der Waals surface area contributed by atoms with E-state index >= 15 is 0 Å². The number of hydrogen-bond donors (Lipinski definition) is 1. The Labute approximate surface area is 128 Å². The molecule has 0 aliphatic carbocycles. The monoisotopic (exact) mass is 314 g/mol. The molecule has 1 aromatic rings. The number of fused-ring (bicyclic) bond motifs is 1. The molecule has 1 amide bonds. The molecule has 0 spiro atoms. The Balaban J connectivity index is 2.09. The van der Waals surface area contributed by atoms with Crippen molar-refractivity contribution in [3.05, 3.63) is 29.3 Å². The van der Waals surface area contributed by atoms with Crippen molar-refractivity contribution >= 4 is 11.6 Å². The quantitative estimate of drug-likeness (QED) is 0.907. The van der Waals surface area contributed by atoms with Crippen molar-refractivity contribution in [1.29, 1.82) is 0 Å². The first-order valence-corrected chi connectivity index (χ1v) is 7.59. The summed E-state index contributed by atoms with van der Waals surface area (Å²) in [6.45, 7) is 2.19. The van der Waals surface area contributed by atoms with Crippen LogP contribution < -0.4 is 10.6 Å². The number of rotatable bonds is 5. The fourth-order valence-electron chi connectivity index (χ4n) is 2.82. The molecule has 0 bridgehead atoms. The van der Waals surface area contributed by atoms with Gasteiger partial charge in [-0.25, -0.2) is 0 Å². The molecule has 1 aromatic carbocycles. The minimum Gasteiger partial charge on any atom is -0.327 e. The second-order valence-corrected chi connectivity index (χ2v) is 5.77. The number of nitrogens with zero attached hydrogens (tertiary/aromatic N) is 1.